The van der Waals surface area contributed by atoms with E-state index in [9.17, 15) is 19.2 Å². The first kappa shape index (κ1) is 28.7. The van der Waals surface area contributed by atoms with Crippen LogP contribution in [0.2, 0.25) is 5.02 Å². The predicted octanol–water partition coefficient (Wildman–Crippen LogP) is 1.79. The second kappa shape index (κ2) is 14.1. The lowest BCUT2D eigenvalue weighted by molar-refractivity contribution is -0.149. The number of benzene rings is 1. The molecule has 1 aromatic rings. The molecule has 5 N–H and O–H groups in total. The number of anilines is 1. The van der Waals surface area contributed by atoms with E-state index in [2.05, 4.69) is 10.2 Å². The summed E-state index contributed by atoms with van der Waals surface area (Å²) in [5.41, 5.74) is 6.47. The Kier molecular flexibility index (Phi) is 11.9. The van der Waals surface area contributed by atoms with E-state index in [0.29, 0.717) is 53.9 Å². The van der Waals surface area contributed by atoms with Crippen LogP contribution in [-0.4, -0.2) is 77.8 Å². The third-order valence-corrected chi connectivity index (χ3v) is 5.30. The summed E-state index contributed by atoms with van der Waals surface area (Å²) < 4.78 is 10.3. The van der Waals surface area contributed by atoms with Crippen LogP contribution < -0.4 is 15.8 Å². The first-order chi connectivity index (χ1) is 16.0. The quantitative estimate of drug-likeness (QED) is 0.235. The molecule has 188 valence electrons. The van der Waals surface area contributed by atoms with Gasteiger partial charge in [-0.15, -0.1) is 0 Å². The largest absolute Gasteiger partial charge is 0.496 e. The molecule has 2 rings (SSSR count). The van der Waals surface area contributed by atoms with Crippen molar-refractivity contribution in [3.05, 3.63) is 34.9 Å². The maximum atomic E-state index is 12.6. The number of aliphatic carboxylic acids is 2. The molecule has 0 aromatic heterocycles. The summed E-state index contributed by atoms with van der Waals surface area (Å²) in [5.74, 6) is -2.59. The second-order valence-corrected chi connectivity index (χ2v) is 7.70. The minimum Gasteiger partial charge on any atom is -0.496 e. The summed E-state index contributed by atoms with van der Waals surface area (Å²) in [6.45, 7) is 5.44. The number of nitrogens with two attached hydrogens (primary N) is 1. The lowest BCUT2D eigenvalue weighted by Crippen LogP contribution is -2.49. The van der Waals surface area contributed by atoms with Gasteiger partial charge in [0.25, 0.3) is 5.91 Å². The van der Waals surface area contributed by atoms with Gasteiger partial charge < -0.3 is 30.7 Å². The molecule has 12 heteroatoms. The van der Waals surface area contributed by atoms with E-state index in [1.807, 2.05) is 6.92 Å². The number of carbonyl (C=O) groups excluding carboxylic acids is 2. The van der Waals surface area contributed by atoms with Crippen molar-refractivity contribution in [2.45, 2.75) is 38.8 Å². The zero-order valence-electron chi connectivity index (χ0n) is 19.2. The van der Waals surface area contributed by atoms with E-state index < -0.39 is 11.9 Å². The number of hydrogen-bond donors (Lipinski definition) is 4. The zero-order valence-corrected chi connectivity index (χ0v) is 20.0. The molecule has 1 aliphatic heterocycles. The summed E-state index contributed by atoms with van der Waals surface area (Å²) in [6, 6.07) is 2.81. The number of nitrogens with zero attached hydrogens (tertiary/aromatic N) is 1. The van der Waals surface area contributed by atoms with Crippen LogP contribution in [-0.2, 0) is 19.1 Å². The Hall–Kier alpha value is -3.31. The SMILES string of the molecule is CCOC(=O)C(C)N1CCC(NC(=O)c2cc(Cl)c(N)cc2OC)CC1.O=C(O)C=CC(=O)O. The standard InChI is InChI=1S/C18H26ClN3O4.C4H4O4/c1-4-26-18(24)11(2)22-7-5-12(6-8-22)21-17(23)13-9-14(19)15(20)10-16(13)25-3;5-3(6)1-2-4(7)8/h9-12H,4-8,20H2,1-3H3,(H,21,23);1-2H,(H,5,6)(H,7,8). The third kappa shape index (κ3) is 9.28. The van der Waals surface area contributed by atoms with Gasteiger partial charge in [-0.1, -0.05) is 11.6 Å². The molecule has 0 saturated carbocycles. The fourth-order valence-electron chi connectivity index (χ4n) is 3.16. The number of hydrogen-bond acceptors (Lipinski definition) is 8. The Balaban J connectivity index is 0.000000620. The average molecular weight is 500 g/mol. The van der Waals surface area contributed by atoms with Gasteiger partial charge in [-0.25, -0.2) is 9.59 Å². The smallest absolute Gasteiger partial charge is 0.328 e. The van der Waals surface area contributed by atoms with Crippen molar-refractivity contribution < 1.29 is 38.9 Å². The molecule has 34 heavy (non-hydrogen) atoms. The summed E-state index contributed by atoms with van der Waals surface area (Å²) >= 11 is 6.03. The Labute approximate surface area is 202 Å². The predicted molar refractivity (Wildman–Crippen MR) is 125 cm³/mol. The molecule has 0 radical (unpaired) electrons. The second-order valence-electron chi connectivity index (χ2n) is 7.30. The van der Waals surface area contributed by atoms with Gasteiger partial charge >= 0.3 is 17.9 Å². The number of nitrogens with one attached hydrogen (secondary N) is 1. The van der Waals surface area contributed by atoms with Crippen molar-refractivity contribution in [1.29, 1.82) is 0 Å². The number of carboxylic acids is 2. The zero-order chi connectivity index (χ0) is 25.8. The molecule has 1 fully saturated rings. The summed E-state index contributed by atoms with van der Waals surface area (Å²) in [5, 5.41) is 18.9. The van der Waals surface area contributed by atoms with Crippen LogP contribution in [0.15, 0.2) is 24.3 Å². The average Bonchev–Trinajstić information content (AvgIpc) is 2.79. The molecule has 1 atom stereocenters. The monoisotopic (exact) mass is 499 g/mol. The number of nitrogen functional groups attached to an aromatic ring is 1. The molecular formula is C22H30ClN3O8. The van der Waals surface area contributed by atoms with Crippen LogP contribution in [0.4, 0.5) is 5.69 Å². The van der Waals surface area contributed by atoms with Crippen molar-refractivity contribution in [1.82, 2.24) is 10.2 Å². The molecule has 1 unspecified atom stereocenters. The first-order valence-electron chi connectivity index (χ1n) is 10.5. The van der Waals surface area contributed by atoms with Gasteiger partial charge in [-0.05, 0) is 32.8 Å². The molecule has 0 spiro atoms. The Bertz CT molecular complexity index is 898. The van der Waals surface area contributed by atoms with Gasteiger partial charge in [-0.3, -0.25) is 14.5 Å². The van der Waals surface area contributed by atoms with E-state index >= 15 is 0 Å². The van der Waals surface area contributed by atoms with Crippen molar-refractivity contribution >= 4 is 41.1 Å². The van der Waals surface area contributed by atoms with Crippen molar-refractivity contribution in [3.63, 3.8) is 0 Å². The van der Waals surface area contributed by atoms with E-state index in [0.717, 1.165) is 12.8 Å². The van der Waals surface area contributed by atoms with Crippen LogP contribution in [0, 0.1) is 0 Å². The number of ether oxygens (including phenoxy) is 2. The van der Waals surface area contributed by atoms with Gasteiger partial charge in [-0.2, -0.15) is 0 Å². The van der Waals surface area contributed by atoms with E-state index in [1.54, 1.807) is 13.0 Å². The summed E-state index contributed by atoms with van der Waals surface area (Å²) in [6.07, 6.45) is 2.62. The van der Waals surface area contributed by atoms with E-state index in [-0.39, 0.29) is 24.0 Å². The molecule has 11 nitrogen and oxygen atoms in total. The first-order valence-corrected chi connectivity index (χ1v) is 10.9. The van der Waals surface area contributed by atoms with Gasteiger partial charge in [0, 0.05) is 37.3 Å². The highest BCUT2D eigenvalue weighted by Gasteiger charge is 2.28. The lowest BCUT2D eigenvalue weighted by Gasteiger charge is -2.35. The Morgan fingerprint density at radius 3 is 2.24 bits per heavy atom. The van der Waals surface area contributed by atoms with Crippen molar-refractivity contribution in [2.24, 2.45) is 0 Å². The number of halogens is 1. The topological polar surface area (TPSA) is 168 Å². The highest BCUT2D eigenvalue weighted by molar-refractivity contribution is 6.33. The fraction of sp³-hybridized carbons (Fsp3) is 0.455. The summed E-state index contributed by atoms with van der Waals surface area (Å²) in [7, 11) is 1.48. The number of likely N-dealkylation sites (tertiary alicyclic amines) is 1. The Morgan fingerprint density at radius 2 is 1.76 bits per heavy atom. The van der Waals surface area contributed by atoms with Crippen LogP contribution in [0.25, 0.3) is 0 Å². The summed E-state index contributed by atoms with van der Waals surface area (Å²) in [4.78, 5) is 45.6. The normalized spacial score (nSPS) is 15.1. The molecule has 0 bridgehead atoms. The van der Waals surface area contributed by atoms with Gasteiger partial charge in [0.2, 0.25) is 0 Å². The highest BCUT2D eigenvalue weighted by Crippen LogP contribution is 2.29. The van der Waals surface area contributed by atoms with Crippen LogP contribution in [0.3, 0.4) is 0 Å². The van der Waals surface area contributed by atoms with Gasteiger partial charge in [0.05, 0.1) is 30.0 Å². The van der Waals surface area contributed by atoms with Gasteiger partial charge in [0.1, 0.15) is 11.8 Å². The van der Waals surface area contributed by atoms with E-state index in [1.165, 1.54) is 13.2 Å². The van der Waals surface area contributed by atoms with E-state index in [4.69, 9.17) is 37.0 Å². The van der Waals surface area contributed by atoms with Crippen LogP contribution in [0.1, 0.15) is 37.0 Å². The molecule has 1 aromatic carbocycles. The molecule has 1 saturated heterocycles. The number of esters is 1. The van der Waals surface area contributed by atoms with Crippen molar-refractivity contribution in [3.8, 4) is 5.75 Å². The fourth-order valence-corrected chi connectivity index (χ4v) is 3.33. The minimum atomic E-state index is -1.26. The number of piperidine rings is 1. The number of carboxylic acid groups (broad SMARTS) is 2. The van der Waals surface area contributed by atoms with Crippen molar-refractivity contribution in [2.75, 3.05) is 32.5 Å². The number of carbonyl (C=O) groups is 4. The number of rotatable bonds is 8. The molecular weight excluding hydrogens is 470 g/mol. The third-order valence-electron chi connectivity index (χ3n) is 4.97. The lowest BCUT2D eigenvalue weighted by atomic mass is 10.0. The van der Waals surface area contributed by atoms with Crippen LogP contribution >= 0.6 is 11.6 Å². The number of amides is 1. The molecule has 1 amide bonds. The Morgan fingerprint density at radius 1 is 1.21 bits per heavy atom. The maximum Gasteiger partial charge on any atom is 0.328 e. The number of methoxy groups -OCH3 is 1. The maximum absolute atomic E-state index is 12.6. The molecule has 1 heterocycles. The molecule has 1 aliphatic rings. The highest BCUT2D eigenvalue weighted by atomic mass is 35.5. The minimum absolute atomic E-state index is 0.0224. The van der Waals surface area contributed by atoms with Gasteiger partial charge in [0.15, 0.2) is 0 Å². The van der Waals surface area contributed by atoms with Crippen LogP contribution in [0.5, 0.6) is 5.75 Å². The molecule has 0 aliphatic carbocycles.